The molecule has 0 aromatic heterocycles. The van der Waals surface area contributed by atoms with Crippen LogP contribution in [0.4, 0.5) is 0 Å². The Morgan fingerprint density at radius 1 is 0.684 bits per heavy atom. The Hall–Kier alpha value is -0.0800. The van der Waals surface area contributed by atoms with Crippen LogP contribution in [0.1, 0.15) is 85.5 Å². The largest absolute Gasteiger partial charge is 0.393 e. The van der Waals surface area contributed by atoms with Crippen LogP contribution in [0, 0.1) is 11.8 Å². The van der Waals surface area contributed by atoms with Crippen molar-refractivity contribution in [2.75, 3.05) is 0 Å². The van der Waals surface area contributed by atoms with E-state index in [0.29, 0.717) is 18.3 Å². The van der Waals surface area contributed by atoms with Crippen molar-refractivity contribution >= 4 is 0 Å². The van der Waals surface area contributed by atoms with E-state index in [1.165, 1.54) is 25.7 Å². The lowest BCUT2D eigenvalue weighted by Gasteiger charge is -2.27. The molecule has 0 radical (unpaired) electrons. The number of rotatable bonds is 12. The molecular weight excluding hydrogens is 236 g/mol. The molecule has 0 aliphatic heterocycles. The van der Waals surface area contributed by atoms with Crippen molar-refractivity contribution in [3.8, 4) is 0 Å². The van der Waals surface area contributed by atoms with Crippen LogP contribution in [-0.4, -0.2) is 22.4 Å². The maximum atomic E-state index is 10.3. The molecule has 2 nitrogen and oxygen atoms in total. The predicted molar refractivity (Wildman–Crippen MR) is 83.2 cm³/mol. The molecule has 0 aromatic rings. The molecule has 0 fully saturated rings. The molecule has 2 N–H and O–H groups in total. The zero-order chi connectivity index (χ0) is 14.7. The van der Waals surface area contributed by atoms with Crippen LogP contribution in [0.25, 0.3) is 0 Å². The first kappa shape index (κ1) is 18.9. The van der Waals surface area contributed by atoms with Crippen molar-refractivity contribution in [3.05, 3.63) is 0 Å². The SMILES string of the molecule is CCCCC(CC)C(O)CC(O)C(CC)CCCC. The van der Waals surface area contributed by atoms with Gasteiger partial charge in [-0.25, -0.2) is 0 Å². The lowest BCUT2D eigenvalue weighted by molar-refractivity contribution is 0.0106. The second-order valence-corrected chi connectivity index (χ2v) is 5.99. The van der Waals surface area contributed by atoms with Crippen LogP contribution in [-0.2, 0) is 0 Å². The van der Waals surface area contributed by atoms with Crippen molar-refractivity contribution in [3.63, 3.8) is 0 Å². The van der Waals surface area contributed by atoms with Crippen LogP contribution in [0.3, 0.4) is 0 Å². The van der Waals surface area contributed by atoms with E-state index in [2.05, 4.69) is 27.7 Å². The summed E-state index contributed by atoms with van der Waals surface area (Å²) in [4.78, 5) is 0. The van der Waals surface area contributed by atoms with E-state index in [1.54, 1.807) is 0 Å². The van der Waals surface area contributed by atoms with Crippen molar-refractivity contribution in [1.29, 1.82) is 0 Å². The third-order valence-electron chi connectivity index (χ3n) is 4.48. The molecule has 0 amide bonds. The Kier molecular flexibility index (Phi) is 11.7. The summed E-state index contributed by atoms with van der Waals surface area (Å²) in [6.45, 7) is 8.66. The lowest BCUT2D eigenvalue weighted by atomic mass is 9.85. The summed E-state index contributed by atoms with van der Waals surface area (Å²) in [5.41, 5.74) is 0. The van der Waals surface area contributed by atoms with E-state index >= 15 is 0 Å². The van der Waals surface area contributed by atoms with E-state index in [4.69, 9.17) is 0 Å². The fraction of sp³-hybridized carbons (Fsp3) is 1.00. The number of aliphatic hydroxyl groups excluding tert-OH is 2. The first-order chi connectivity index (χ1) is 9.10. The highest BCUT2D eigenvalue weighted by molar-refractivity contribution is 4.76. The molecular formula is C17H36O2. The van der Waals surface area contributed by atoms with Crippen molar-refractivity contribution in [2.45, 2.75) is 97.7 Å². The Bertz CT molecular complexity index is 174. The monoisotopic (exact) mass is 272 g/mol. The molecule has 116 valence electrons. The van der Waals surface area contributed by atoms with Crippen LogP contribution in [0.2, 0.25) is 0 Å². The fourth-order valence-corrected chi connectivity index (χ4v) is 2.90. The number of unbranched alkanes of at least 4 members (excludes halogenated alkanes) is 2. The van der Waals surface area contributed by atoms with Gasteiger partial charge in [-0.05, 0) is 31.1 Å². The van der Waals surface area contributed by atoms with Crippen LogP contribution < -0.4 is 0 Å². The van der Waals surface area contributed by atoms with Gasteiger partial charge in [0.05, 0.1) is 12.2 Å². The molecule has 4 atom stereocenters. The average molecular weight is 272 g/mol. The van der Waals surface area contributed by atoms with Gasteiger partial charge in [-0.1, -0.05) is 66.2 Å². The highest BCUT2D eigenvalue weighted by Gasteiger charge is 2.24. The zero-order valence-corrected chi connectivity index (χ0v) is 13.6. The molecule has 0 spiro atoms. The Morgan fingerprint density at radius 3 is 1.32 bits per heavy atom. The number of hydrogen-bond acceptors (Lipinski definition) is 2. The Balaban J connectivity index is 4.21. The van der Waals surface area contributed by atoms with E-state index < -0.39 is 0 Å². The Labute approximate surface area is 120 Å². The molecule has 19 heavy (non-hydrogen) atoms. The molecule has 0 saturated carbocycles. The second-order valence-electron chi connectivity index (χ2n) is 5.99. The normalized spacial score (nSPS) is 18.0. The lowest BCUT2D eigenvalue weighted by Crippen LogP contribution is -2.30. The van der Waals surface area contributed by atoms with Gasteiger partial charge < -0.3 is 10.2 Å². The predicted octanol–water partition coefficient (Wildman–Crippen LogP) is 4.53. The average Bonchev–Trinajstić information content (AvgIpc) is 2.40. The van der Waals surface area contributed by atoms with Crippen molar-refractivity contribution in [1.82, 2.24) is 0 Å². The highest BCUT2D eigenvalue weighted by Crippen LogP contribution is 2.25. The van der Waals surface area contributed by atoms with E-state index in [-0.39, 0.29) is 12.2 Å². The first-order valence-corrected chi connectivity index (χ1v) is 8.46. The van der Waals surface area contributed by atoms with Gasteiger partial charge >= 0.3 is 0 Å². The van der Waals surface area contributed by atoms with Gasteiger partial charge in [0.1, 0.15) is 0 Å². The Morgan fingerprint density at radius 2 is 1.05 bits per heavy atom. The summed E-state index contributed by atoms with van der Waals surface area (Å²) >= 11 is 0. The van der Waals surface area contributed by atoms with Crippen molar-refractivity contribution in [2.24, 2.45) is 11.8 Å². The minimum Gasteiger partial charge on any atom is -0.393 e. The van der Waals surface area contributed by atoms with Gasteiger partial charge in [0.2, 0.25) is 0 Å². The molecule has 0 aromatic carbocycles. The van der Waals surface area contributed by atoms with Crippen LogP contribution in [0.5, 0.6) is 0 Å². The topological polar surface area (TPSA) is 40.5 Å². The molecule has 4 unspecified atom stereocenters. The first-order valence-electron chi connectivity index (χ1n) is 8.46. The molecule has 0 aliphatic carbocycles. The van der Waals surface area contributed by atoms with Gasteiger partial charge in [-0.15, -0.1) is 0 Å². The van der Waals surface area contributed by atoms with Gasteiger partial charge in [0, 0.05) is 0 Å². The smallest absolute Gasteiger partial charge is 0.0593 e. The highest BCUT2D eigenvalue weighted by atomic mass is 16.3. The maximum absolute atomic E-state index is 10.3. The molecule has 0 heterocycles. The summed E-state index contributed by atoms with van der Waals surface area (Å²) in [6.07, 6.45) is 8.82. The molecule has 0 aliphatic rings. The van der Waals surface area contributed by atoms with Gasteiger partial charge in [0.25, 0.3) is 0 Å². The second kappa shape index (κ2) is 11.7. The van der Waals surface area contributed by atoms with E-state index in [1.807, 2.05) is 0 Å². The summed E-state index contributed by atoms with van der Waals surface area (Å²) in [6, 6.07) is 0. The summed E-state index contributed by atoms with van der Waals surface area (Å²) in [5, 5.41) is 20.6. The molecule has 2 heteroatoms. The molecule has 0 bridgehead atoms. The maximum Gasteiger partial charge on any atom is 0.0593 e. The molecule has 0 saturated heterocycles. The van der Waals surface area contributed by atoms with Gasteiger partial charge in [-0.3, -0.25) is 0 Å². The van der Waals surface area contributed by atoms with Gasteiger partial charge in [0.15, 0.2) is 0 Å². The summed E-state index contributed by atoms with van der Waals surface area (Å²) in [5.74, 6) is 0.719. The quantitative estimate of drug-likeness (QED) is 0.548. The third-order valence-corrected chi connectivity index (χ3v) is 4.48. The zero-order valence-electron chi connectivity index (χ0n) is 13.6. The van der Waals surface area contributed by atoms with Crippen LogP contribution >= 0.6 is 0 Å². The summed E-state index contributed by atoms with van der Waals surface area (Å²) in [7, 11) is 0. The minimum absolute atomic E-state index is 0.331. The standard InChI is InChI=1S/C17H36O2/c1-5-9-11-14(7-3)16(18)13-17(19)15(8-4)12-10-6-2/h14-19H,5-13H2,1-4H3. The van der Waals surface area contributed by atoms with Crippen molar-refractivity contribution < 1.29 is 10.2 Å². The fourth-order valence-electron chi connectivity index (χ4n) is 2.90. The minimum atomic E-state index is -0.331. The number of hydrogen-bond donors (Lipinski definition) is 2. The van der Waals surface area contributed by atoms with Crippen LogP contribution in [0.15, 0.2) is 0 Å². The third kappa shape index (κ3) is 7.94. The molecule has 0 rings (SSSR count). The van der Waals surface area contributed by atoms with E-state index in [0.717, 1.165) is 25.7 Å². The number of aliphatic hydroxyl groups is 2. The van der Waals surface area contributed by atoms with Gasteiger partial charge in [-0.2, -0.15) is 0 Å². The summed E-state index contributed by atoms with van der Waals surface area (Å²) < 4.78 is 0. The van der Waals surface area contributed by atoms with E-state index in [9.17, 15) is 10.2 Å².